The molecule has 0 bridgehead atoms. The quantitative estimate of drug-likeness (QED) is 0.653. The van der Waals surface area contributed by atoms with Crippen LogP contribution in [0.1, 0.15) is 11.1 Å². The maximum Gasteiger partial charge on any atom is 0.260 e. The average molecular weight is 405 g/mol. The lowest BCUT2D eigenvalue weighted by molar-refractivity contribution is -0.137. The Kier molecular flexibility index (Phi) is 5.21. The predicted molar refractivity (Wildman–Crippen MR) is 110 cm³/mol. The summed E-state index contributed by atoms with van der Waals surface area (Å²) >= 11 is 0. The van der Waals surface area contributed by atoms with Crippen molar-refractivity contribution in [2.45, 2.75) is 13.2 Å². The Morgan fingerprint density at radius 2 is 1.80 bits per heavy atom. The first-order valence-corrected chi connectivity index (χ1v) is 10.1. The highest BCUT2D eigenvalue weighted by molar-refractivity contribution is 5.77. The van der Waals surface area contributed by atoms with Crippen molar-refractivity contribution in [3.8, 4) is 22.8 Å². The third kappa shape index (κ3) is 3.81. The van der Waals surface area contributed by atoms with Crippen LogP contribution in [0.25, 0.3) is 17.1 Å². The fourth-order valence-corrected chi connectivity index (χ4v) is 3.78. The molecule has 0 aliphatic carbocycles. The van der Waals surface area contributed by atoms with E-state index >= 15 is 0 Å². The Morgan fingerprint density at radius 3 is 2.63 bits per heavy atom. The fraction of sp³-hybridized carbons (Fsp3) is 0.304. The van der Waals surface area contributed by atoms with Gasteiger partial charge in [0.15, 0.2) is 6.61 Å². The van der Waals surface area contributed by atoms with E-state index in [-0.39, 0.29) is 12.5 Å². The smallest absolute Gasteiger partial charge is 0.260 e. The van der Waals surface area contributed by atoms with Crippen molar-refractivity contribution in [2.24, 2.45) is 0 Å². The Labute approximate surface area is 174 Å². The molecule has 0 saturated carbocycles. The second kappa shape index (κ2) is 8.30. The zero-order valence-electron chi connectivity index (χ0n) is 16.6. The number of hydrogen-bond donors (Lipinski definition) is 0. The third-order valence-corrected chi connectivity index (χ3v) is 5.46. The van der Waals surface area contributed by atoms with Gasteiger partial charge in [-0.15, -0.1) is 0 Å². The van der Waals surface area contributed by atoms with Crippen molar-refractivity contribution in [3.63, 3.8) is 0 Å². The molecule has 0 radical (unpaired) electrons. The molecule has 0 spiro atoms. The van der Waals surface area contributed by atoms with Crippen LogP contribution in [0.3, 0.4) is 0 Å². The molecule has 0 atom stereocenters. The first-order chi connectivity index (χ1) is 14.8. The van der Waals surface area contributed by atoms with Gasteiger partial charge in [0.1, 0.15) is 11.6 Å². The van der Waals surface area contributed by atoms with Crippen molar-refractivity contribution in [3.05, 3.63) is 66.0 Å². The van der Waals surface area contributed by atoms with E-state index in [1.54, 1.807) is 11.1 Å². The normalized spacial score (nSPS) is 15.8. The number of amides is 1. The molecule has 1 saturated heterocycles. The number of aromatic nitrogens is 2. The van der Waals surface area contributed by atoms with E-state index in [1.807, 2.05) is 30.5 Å². The molecule has 1 amide bonds. The highest BCUT2D eigenvalue weighted by Crippen LogP contribution is 2.27. The zero-order valence-corrected chi connectivity index (χ0v) is 16.6. The number of rotatable bonds is 5. The molecule has 1 aromatic heterocycles. The monoisotopic (exact) mass is 405 g/mol. The van der Waals surface area contributed by atoms with Gasteiger partial charge >= 0.3 is 0 Å². The van der Waals surface area contributed by atoms with Gasteiger partial charge in [-0.3, -0.25) is 9.36 Å². The highest BCUT2D eigenvalue weighted by Gasteiger charge is 2.17. The van der Waals surface area contributed by atoms with Crippen LogP contribution in [-0.4, -0.2) is 53.3 Å². The molecule has 7 nitrogen and oxygen atoms in total. The maximum absolute atomic E-state index is 12.2. The lowest BCUT2D eigenvalue weighted by Crippen LogP contribution is -2.42. The largest absolute Gasteiger partial charge is 0.484 e. The van der Waals surface area contributed by atoms with Gasteiger partial charge in [0, 0.05) is 36.7 Å². The molecule has 1 fully saturated rings. The molecule has 2 aliphatic rings. The van der Waals surface area contributed by atoms with Gasteiger partial charge < -0.3 is 19.1 Å². The molecule has 2 aromatic carbocycles. The molecular formula is C23H23N3O4. The molecule has 0 N–H and O–H groups in total. The number of ether oxygens (including phenoxy) is 3. The van der Waals surface area contributed by atoms with Gasteiger partial charge in [-0.05, 0) is 47.5 Å². The van der Waals surface area contributed by atoms with Crippen molar-refractivity contribution >= 4 is 5.91 Å². The standard InChI is InChI=1S/C23H23N3O4/c27-22(25-9-11-28-12-10-25)16-30-21-5-2-17(3-6-21)23-24-7-8-26(23)20-4-1-18-14-29-15-19(18)13-20/h1-8,13H,9-12,14-16H2. The van der Waals surface area contributed by atoms with Gasteiger partial charge in [0.2, 0.25) is 0 Å². The molecule has 30 heavy (non-hydrogen) atoms. The van der Waals surface area contributed by atoms with E-state index < -0.39 is 0 Å². The summed E-state index contributed by atoms with van der Waals surface area (Å²) in [5.74, 6) is 1.50. The van der Waals surface area contributed by atoms with Crippen molar-refractivity contribution in [1.82, 2.24) is 14.5 Å². The summed E-state index contributed by atoms with van der Waals surface area (Å²) in [6.07, 6.45) is 3.75. The van der Waals surface area contributed by atoms with Crippen LogP contribution in [0.5, 0.6) is 5.75 Å². The first-order valence-electron chi connectivity index (χ1n) is 10.1. The Balaban J connectivity index is 1.28. The molecular weight excluding hydrogens is 382 g/mol. The van der Waals surface area contributed by atoms with Gasteiger partial charge in [-0.1, -0.05) is 6.07 Å². The van der Waals surface area contributed by atoms with E-state index in [4.69, 9.17) is 14.2 Å². The third-order valence-electron chi connectivity index (χ3n) is 5.46. The van der Waals surface area contributed by atoms with E-state index in [2.05, 4.69) is 27.8 Å². The Bertz CT molecular complexity index is 1040. The summed E-state index contributed by atoms with van der Waals surface area (Å²) in [6.45, 7) is 3.79. The van der Waals surface area contributed by atoms with Crippen molar-refractivity contribution in [1.29, 1.82) is 0 Å². The van der Waals surface area contributed by atoms with Gasteiger partial charge in [-0.25, -0.2) is 4.98 Å². The van der Waals surface area contributed by atoms with E-state index in [1.165, 1.54) is 11.1 Å². The number of carbonyl (C=O) groups is 1. The minimum atomic E-state index is -0.0153. The Hall–Kier alpha value is -3.16. The minimum absolute atomic E-state index is 0.0153. The molecule has 0 unspecified atom stereocenters. The topological polar surface area (TPSA) is 65.8 Å². The molecule has 3 heterocycles. The van der Waals surface area contributed by atoms with E-state index in [9.17, 15) is 4.79 Å². The van der Waals surface area contributed by atoms with Gasteiger partial charge in [0.05, 0.1) is 26.4 Å². The van der Waals surface area contributed by atoms with Crippen LogP contribution in [0.2, 0.25) is 0 Å². The molecule has 3 aromatic rings. The molecule has 7 heteroatoms. The van der Waals surface area contributed by atoms with Crippen molar-refractivity contribution < 1.29 is 19.0 Å². The first kappa shape index (κ1) is 18.8. The number of benzene rings is 2. The fourth-order valence-electron chi connectivity index (χ4n) is 3.78. The summed E-state index contributed by atoms with van der Waals surface area (Å²) in [7, 11) is 0. The van der Waals surface area contributed by atoms with Crippen LogP contribution >= 0.6 is 0 Å². The van der Waals surface area contributed by atoms with Crippen LogP contribution in [0.4, 0.5) is 0 Å². The molecule has 2 aliphatic heterocycles. The van der Waals surface area contributed by atoms with E-state index in [0.29, 0.717) is 45.3 Å². The predicted octanol–water partition coefficient (Wildman–Crippen LogP) is 2.81. The number of hydrogen-bond acceptors (Lipinski definition) is 5. The second-order valence-corrected chi connectivity index (χ2v) is 7.37. The Morgan fingerprint density at radius 1 is 1.00 bits per heavy atom. The number of imidazole rings is 1. The molecule has 154 valence electrons. The minimum Gasteiger partial charge on any atom is -0.484 e. The summed E-state index contributed by atoms with van der Waals surface area (Å²) in [5.41, 5.74) is 4.50. The number of fused-ring (bicyclic) bond motifs is 1. The lowest BCUT2D eigenvalue weighted by atomic mass is 10.1. The van der Waals surface area contributed by atoms with Crippen LogP contribution in [-0.2, 0) is 27.5 Å². The summed E-state index contributed by atoms with van der Waals surface area (Å²) in [4.78, 5) is 18.5. The zero-order chi connectivity index (χ0) is 20.3. The summed E-state index contributed by atoms with van der Waals surface area (Å²) < 4.78 is 18.5. The summed E-state index contributed by atoms with van der Waals surface area (Å²) in [6, 6.07) is 14.0. The van der Waals surface area contributed by atoms with Gasteiger partial charge in [-0.2, -0.15) is 0 Å². The second-order valence-electron chi connectivity index (χ2n) is 7.37. The SMILES string of the molecule is O=C(COc1ccc(-c2nccn2-c2ccc3c(c2)COC3)cc1)N1CCOCC1. The molecule has 5 rings (SSSR count). The van der Waals surface area contributed by atoms with Crippen molar-refractivity contribution in [2.75, 3.05) is 32.9 Å². The van der Waals surface area contributed by atoms with Crippen LogP contribution in [0, 0.1) is 0 Å². The average Bonchev–Trinajstić information content (AvgIpc) is 3.47. The number of morpholine rings is 1. The maximum atomic E-state index is 12.2. The number of carbonyl (C=O) groups excluding carboxylic acids is 1. The van der Waals surface area contributed by atoms with Crippen LogP contribution < -0.4 is 4.74 Å². The summed E-state index contributed by atoms with van der Waals surface area (Å²) in [5, 5.41) is 0. The van der Waals surface area contributed by atoms with Crippen LogP contribution in [0.15, 0.2) is 54.9 Å². The highest BCUT2D eigenvalue weighted by atomic mass is 16.5. The number of nitrogens with zero attached hydrogens (tertiary/aromatic N) is 3. The lowest BCUT2D eigenvalue weighted by Gasteiger charge is -2.26. The van der Waals surface area contributed by atoms with E-state index in [0.717, 1.165) is 17.1 Å². The van der Waals surface area contributed by atoms with Gasteiger partial charge in [0.25, 0.3) is 5.91 Å².